The van der Waals surface area contributed by atoms with E-state index in [9.17, 15) is 9.59 Å². The van der Waals surface area contributed by atoms with Gasteiger partial charge in [-0.05, 0) is 36.2 Å². The Hall–Kier alpha value is -3.34. The number of carbonyl (C=O) groups excluding carboxylic acids is 2. The summed E-state index contributed by atoms with van der Waals surface area (Å²) in [4.78, 5) is 32.3. The number of H-pyrrole nitrogens is 1. The first-order valence-electron chi connectivity index (χ1n) is 9.51. The summed E-state index contributed by atoms with van der Waals surface area (Å²) in [6, 6.07) is 19.5. The Balaban J connectivity index is 1.50. The molecule has 2 amide bonds. The maximum atomic E-state index is 13.2. The topological polar surface area (TPSA) is 56.4 Å². The number of aromatic nitrogens is 1. The van der Waals surface area contributed by atoms with Crippen LogP contribution in [0.3, 0.4) is 0 Å². The second kappa shape index (κ2) is 7.72. The van der Waals surface area contributed by atoms with Crippen molar-refractivity contribution in [3.8, 4) is 11.1 Å². The van der Waals surface area contributed by atoms with Crippen LogP contribution in [-0.4, -0.2) is 52.8 Å². The molecule has 1 saturated heterocycles. The standard InChI is InChI=1S/C23H23N3O2/c1-17-6-4-7-18(16-17)19-8-2-3-9-20(19)22(27)25-12-14-26(15-13-25)23(28)21-10-5-11-24-21/h2-11,16,24H,12-15H2,1H3. The van der Waals surface area contributed by atoms with Crippen molar-refractivity contribution in [2.45, 2.75) is 6.92 Å². The van der Waals surface area contributed by atoms with Gasteiger partial charge in [0.1, 0.15) is 5.69 Å². The first-order chi connectivity index (χ1) is 13.6. The number of nitrogens with one attached hydrogen (secondary N) is 1. The Morgan fingerprint density at radius 1 is 0.821 bits per heavy atom. The zero-order valence-corrected chi connectivity index (χ0v) is 15.9. The molecule has 0 aliphatic carbocycles. The number of aromatic amines is 1. The van der Waals surface area contributed by atoms with Crippen molar-refractivity contribution < 1.29 is 9.59 Å². The van der Waals surface area contributed by atoms with Crippen molar-refractivity contribution in [1.29, 1.82) is 0 Å². The van der Waals surface area contributed by atoms with Crippen molar-refractivity contribution >= 4 is 11.8 Å². The maximum Gasteiger partial charge on any atom is 0.270 e. The van der Waals surface area contributed by atoms with Crippen molar-refractivity contribution in [1.82, 2.24) is 14.8 Å². The molecular formula is C23H23N3O2. The SMILES string of the molecule is Cc1cccc(-c2ccccc2C(=O)N2CCN(C(=O)c3ccc[nH]3)CC2)c1. The molecule has 5 heteroatoms. The molecule has 0 spiro atoms. The van der Waals surface area contributed by atoms with Crippen molar-refractivity contribution in [2.24, 2.45) is 0 Å². The van der Waals surface area contributed by atoms with Gasteiger partial charge in [-0.25, -0.2) is 0 Å². The van der Waals surface area contributed by atoms with Crippen LogP contribution in [0.4, 0.5) is 0 Å². The number of aryl methyl sites for hydroxylation is 1. The van der Waals surface area contributed by atoms with Gasteiger partial charge in [-0.3, -0.25) is 9.59 Å². The Morgan fingerprint density at radius 2 is 1.54 bits per heavy atom. The highest BCUT2D eigenvalue weighted by Gasteiger charge is 2.27. The fourth-order valence-electron chi connectivity index (χ4n) is 3.65. The van der Waals surface area contributed by atoms with E-state index in [-0.39, 0.29) is 11.8 Å². The number of piperazine rings is 1. The molecule has 142 valence electrons. The Kier molecular flexibility index (Phi) is 4.98. The molecule has 0 atom stereocenters. The minimum atomic E-state index is -0.0164. The van der Waals surface area contributed by atoms with Gasteiger partial charge in [0.2, 0.25) is 0 Å². The number of nitrogens with zero attached hydrogens (tertiary/aromatic N) is 2. The van der Waals surface area contributed by atoms with Gasteiger partial charge in [-0.15, -0.1) is 0 Å². The van der Waals surface area contributed by atoms with Crippen LogP contribution in [0.15, 0.2) is 66.9 Å². The summed E-state index contributed by atoms with van der Waals surface area (Å²) in [6.07, 6.45) is 1.75. The molecule has 0 bridgehead atoms. The van der Waals surface area contributed by atoms with E-state index in [1.165, 1.54) is 0 Å². The largest absolute Gasteiger partial charge is 0.357 e. The van der Waals surface area contributed by atoms with Gasteiger partial charge in [0.25, 0.3) is 11.8 Å². The molecule has 1 aromatic heterocycles. The van der Waals surface area contributed by atoms with Crippen LogP contribution in [-0.2, 0) is 0 Å². The van der Waals surface area contributed by atoms with E-state index >= 15 is 0 Å². The van der Waals surface area contributed by atoms with Gasteiger partial charge in [0, 0.05) is 37.9 Å². The fourth-order valence-corrected chi connectivity index (χ4v) is 3.65. The summed E-state index contributed by atoms with van der Waals surface area (Å²) in [6.45, 7) is 4.20. The van der Waals surface area contributed by atoms with Gasteiger partial charge in [0.15, 0.2) is 0 Å². The van der Waals surface area contributed by atoms with E-state index in [1.54, 1.807) is 17.2 Å². The molecule has 0 saturated carbocycles. The van der Waals surface area contributed by atoms with Gasteiger partial charge in [-0.1, -0.05) is 48.0 Å². The molecule has 1 N–H and O–H groups in total. The average molecular weight is 373 g/mol. The van der Waals surface area contributed by atoms with Crippen molar-refractivity contribution in [3.05, 3.63) is 83.7 Å². The zero-order chi connectivity index (χ0) is 19.5. The zero-order valence-electron chi connectivity index (χ0n) is 15.9. The molecule has 1 fully saturated rings. The normalized spacial score (nSPS) is 14.2. The molecule has 2 aromatic carbocycles. The predicted molar refractivity (Wildman–Crippen MR) is 109 cm³/mol. The van der Waals surface area contributed by atoms with Crippen LogP contribution in [0.5, 0.6) is 0 Å². The number of rotatable bonds is 3. The van der Waals surface area contributed by atoms with E-state index < -0.39 is 0 Å². The summed E-state index contributed by atoms with van der Waals surface area (Å²) in [5.41, 5.74) is 4.45. The van der Waals surface area contributed by atoms with Gasteiger partial charge >= 0.3 is 0 Å². The molecule has 3 aromatic rings. The van der Waals surface area contributed by atoms with E-state index in [0.29, 0.717) is 37.4 Å². The molecular weight excluding hydrogens is 350 g/mol. The predicted octanol–water partition coefficient (Wildman–Crippen LogP) is 3.59. The van der Waals surface area contributed by atoms with Crippen LogP contribution in [0.25, 0.3) is 11.1 Å². The molecule has 28 heavy (non-hydrogen) atoms. The van der Waals surface area contributed by atoms with E-state index in [1.807, 2.05) is 60.4 Å². The first-order valence-corrected chi connectivity index (χ1v) is 9.51. The third-order valence-corrected chi connectivity index (χ3v) is 5.17. The molecule has 5 nitrogen and oxygen atoms in total. The molecule has 1 aliphatic rings. The molecule has 2 heterocycles. The van der Waals surface area contributed by atoms with Gasteiger partial charge in [-0.2, -0.15) is 0 Å². The maximum absolute atomic E-state index is 13.2. The number of hydrogen-bond donors (Lipinski definition) is 1. The molecule has 4 rings (SSSR count). The van der Waals surface area contributed by atoms with Crippen molar-refractivity contribution in [3.63, 3.8) is 0 Å². The summed E-state index contributed by atoms with van der Waals surface area (Å²) < 4.78 is 0. The molecule has 0 radical (unpaired) electrons. The Morgan fingerprint density at radius 3 is 2.21 bits per heavy atom. The lowest BCUT2D eigenvalue weighted by Gasteiger charge is -2.35. The van der Waals surface area contributed by atoms with E-state index in [0.717, 1.165) is 16.7 Å². The highest BCUT2D eigenvalue weighted by atomic mass is 16.2. The van der Waals surface area contributed by atoms with Crippen LogP contribution in [0.1, 0.15) is 26.4 Å². The smallest absolute Gasteiger partial charge is 0.270 e. The Bertz CT molecular complexity index is 987. The highest BCUT2D eigenvalue weighted by Crippen LogP contribution is 2.26. The number of carbonyl (C=O) groups is 2. The lowest BCUT2D eigenvalue weighted by molar-refractivity contribution is 0.0533. The summed E-state index contributed by atoms with van der Waals surface area (Å²) in [5, 5.41) is 0. The highest BCUT2D eigenvalue weighted by molar-refractivity contribution is 6.01. The number of hydrogen-bond acceptors (Lipinski definition) is 2. The Labute approximate surface area is 164 Å². The monoisotopic (exact) mass is 373 g/mol. The third kappa shape index (κ3) is 3.56. The fraction of sp³-hybridized carbons (Fsp3) is 0.217. The lowest BCUT2D eigenvalue weighted by Crippen LogP contribution is -2.50. The minimum absolute atomic E-state index is 0.0164. The summed E-state index contributed by atoms with van der Waals surface area (Å²) >= 11 is 0. The van der Waals surface area contributed by atoms with Gasteiger partial charge in [0.05, 0.1) is 0 Å². The average Bonchev–Trinajstić information content (AvgIpc) is 3.28. The van der Waals surface area contributed by atoms with E-state index in [4.69, 9.17) is 0 Å². The van der Waals surface area contributed by atoms with Crippen LogP contribution in [0, 0.1) is 6.92 Å². The first kappa shape index (κ1) is 18.0. The van der Waals surface area contributed by atoms with Gasteiger partial charge < -0.3 is 14.8 Å². The third-order valence-electron chi connectivity index (χ3n) is 5.17. The van der Waals surface area contributed by atoms with Crippen molar-refractivity contribution in [2.75, 3.05) is 26.2 Å². The lowest BCUT2D eigenvalue weighted by atomic mass is 9.97. The number of amides is 2. The molecule has 1 aliphatic heterocycles. The second-order valence-corrected chi connectivity index (χ2v) is 7.08. The molecule has 0 unspecified atom stereocenters. The summed E-state index contributed by atoms with van der Waals surface area (Å²) in [5.74, 6) is 0.00124. The minimum Gasteiger partial charge on any atom is -0.357 e. The number of benzene rings is 2. The van der Waals surface area contributed by atoms with Crippen LogP contribution < -0.4 is 0 Å². The quantitative estimate of drug-likeness (QED) is 0.763. The summed E-state index contributed by atoms with van der Waals surface area (Å²) in [7, 11) is 0. The van der Waals surface area contributed by atoms with Crippen LogP contribution in [0.2, 0.25) is 0 Å². The van der Waals surface area contributed by atoms with Crippen LogP contribution >= 0.6 is 0 Å². The van der Waals surface area contributed by atoms with E-state index in [2.05, 4.69) is 11.1 Å². The second-order valence-electron chi connectivity index (χ2n) is 7.08.